The second kappa shape index (κ2) is 9.14. The first kappa shape index (κ1) is 20.8. The van der Waals surface area contributed by atoms with Crippen LogP contribution in [-0.4, -0.2) is 23.2 Å². The van der Waals surface area contributed by atoms with Gasteiger partial charge in [-0.2, -0.15) is 0 Å². The molecule has 1 heterocycles. The van der Waals surface area contributed by atoms with Gasteiger partial charge in [-0.3, -0.25) is 4.98 Å². The second-order valence-corrected chi connectivity index (χ2v) is 8.28. The highest BCUT2D eigenvalue weighted by atomic mass is 19.1. The summed E-state index contributed by atoms with van der Waals surface area (Å²) in [6.45, 7) is 0.550. The van der Waals surface area contributed by atoms with E-state index in [0.29, 0.717) is 18.0 Å². The lowest BCUT2D eigenvalue weighted by atomic mass is 9.66. The van der Waals surface area contributed by atoms with Crippen LogP contribution in [0.25, 0.3) is 11.1 Å². The van der Waals surface area contributed by atoms with Gasteiger partial charge >= 0.3 is 5.76 Å². The summed E-state index contributed by atoms with van der Waals surface area (Å²) in [5, 5.41) is 13.2. The van der Waals surface area contributed by atoms with Crippen molar-refractivity contribution in [1.29, 1.82) is 0 Å². The maximum atomic E-state index is 13.2. The Balaban J connectivity index is 1.62. The van der Waals surface area contributed by atoms with Gasteiger partial charge in [-0.15, -0.1) is 0 Å². The zero-order valence-corrected chi connectivity index (χ0v) is 17.1. The molecule has 3 aromatic rings. The number of nitrogens with one attached hydrogen (secondary N) is 2. The Hall–Kier alpha value is -2.44. The van der Waals surface area contributed by atoms with E-state index in [-0.39, 0.29) is 18.0 Å². The van der Waals surface area contributed by atoms with E-state index in [4.69, 9.17) is 4.42 Å². The van der Waals surface area contributed by atoms with E-state index < -0.39 is 5.76 Å². The van der Waals surface area contributed by atoms with Crippen LogP contribution in [0.15, 0.2) is 51.7 Å². The van der Waals surface area contributed by atoms with Crippen molar-refractivity contribution in [2.45, 2.75) is 50.5 Å². The van der Waals surface area contributed by atoms with Gasteiger partial charge in [-0.05, 0) is 67.3 Å². The number of aliphatic hydroxyl groups excluding tert-OH is 1. The molecule has 30 heavy (non-hydrogen) atoms. The monoisotopic (exact) mass is 412 g/mol. The fourth-order valence-electron chi connectivity index (χ4n) is 5.15. The highest BCUT2D eigenvalue weighted by molar-refractivity contribution is 5.77. The Morgan fingerprint density at radius 2 is 2.03 bits per heavy atom. The Kier molecular flexibility index (Phi) is 6.35. The van der Waals surface area contributed by atoms with Crippen LogP contribution in [-0.2, 0) is 12.0 Å². The molecule has 0 spiro atoms. The van der Waals surface area contributed by atoms with Gasteiger partial charge in [0.05, 0.1) is 12.1 Å². The number of H-pyrrole nitrogens is 1. The molecule has 3 N–H and O–H groups in total. The topological polar surface area (TPSA) is 78.3 Å². The van der Waals surface area contributed by atoms with Gasteiger partial charge < -0.3 is 14.8 Å². The van der Waals surface area contributed by atoms with Crippen LogP contribution >= 0.6 is 0 Å². The van der Waals surface area contributed by atoms with Crippen molar-refractivity contribution < 1.29 is 13.9 Å². The summed E-state index contributed by atoms with van der Waals surface area (Å²) in [4.78, 5) is 14.7. The molecule has 5 nitrogen and oxygen atoms in total. The molecule has 6 heteroatoms. The van der Waals surface area contributed by atoms with Crippen LogP contribution in [0.1, 0.15) is 49.7 Å². The zero-order valence-electron chi connectivity index (χ0n) is 17.1. The maximum absolute atomic E-state index is 13.2. The summed E-state index contributed by atoms with van der Waals surface area (Å²) >= 11 is 0. The first-order valence-corrected chi connectivity index (χ1v) is 10.8. The van der Waals surface area contributed by atoms with Gasteiger partial charge in [0.25, 0.3) is 0 Å². The predicted octanol–water partition coefficient (Wildman–Crippen LogP) is 4.25. The minimum Gasteiger partial charge on any atom is -0.408 e. The van der Waals surface area contributed by atoms with Crippen LogP contribution in [0, 0.1) is 11.7 Å². The normalized spacial score (nSPS) is 21.9. The number of aromatic nitrogens is 1. The smallest absolute Gasteiger partial charge is 0.408 e. The van der Waals surface area contributed by atoms with E-state index in [0.717, 1.165) is 55.2 Å². The molecule has 1 fully saturated rings. The lowest BCUT2D eigenvalue weighted by molar-refractivity contribution is 0.121. The largest absolute Gasteiger partial charge is 0.417 e. The Bertz CT molecular complexity index is 1030. The lowest BCUT2D eigenvalue weighted by Gasteiger charge is -2.46. The molecule has 1 aliphatic carbocycles. The Morgan fingerprint density at radius 3 is 2.83 bits per heavy atom. The molecule has 0 radical (unpaired) electrons. The molecule has 1 saturated carbocycles. The third-order valence-electron chi connectivity index (χ3n) is 6.49. The van der Waals surface area contributed by atoms with E-state index in [1.165, 1.54) is 18.6 Å². The van der Waals surface area contributed by atoms with Crippen LogP contribution in [0.5, 0.6) is 0 Å². The number of aromatic amines is 1. The number of hydrogen-bond acceptors (Lipinski definition) is 4. The highest BCUT2D eigenvalue weighted by Crippen LogP contribution is 2.45. The second-order valence-electron chi connectivity index (χ2n) is 8.28. The van der Waals surface area contributed by atoms with Crippen molar-refractivity contribution in [2.24, 2.45) is 5.92 Å². The lowest BCUT2D eigenvalue weighted by Crippen LogP contribution is -2.51. The Morgan fingerprint density at radius 1 is 1.20 bits per heavy atom. The first-order valence-electron chi connectivity index (χ1n) is 10.8. The highest BCUT2D eigenvalue weighted by Gasteiger charge is 2.42. The van der Waals surface area contributed by atoms with Crippen LogP contribution < -0.4 is 11.1 Å². The number of aliphatic hydroxyl groups is 1. The number of aryl methyl sites for hydroxylation is 1. The van der Waals surface area contributed by atoms with Crippen molar-refractivity contribution in [1.82, 2.24) is 10.3 Å². The van der Waals surface area contributed by atoms with E-state index >= 15 is 0 Å². The van der Waals surface area contributed by atoms with E-state index in [1.807, 2.05) is 24.3 Å². The third-order valence-corrected chi connectivity index (χ3v) is 6.49. The van der Waals surface area contributed by atoms with Crippen LogP contribution in [0.3, 0.4) is 0 Å². The van der Waals surface area contributed by atoms with Crippen molar-refractivity contribution >= 4 is 11.1 Å². The quantitative estimate of drug-likeness (QED) is 0.517. The van der Waals surface area contributed by atoms with Crippen LogP contribution in [0.2, 0.25) is 0 Å². The predicted molar refractivity (Wildman–Crippen MR) is 115 cm³/mol. The Labute approximate surface area is 175 Å². The summed E-state index contributed by atoms with van der Waals surface area (Å²) in [6, 6.07) is 12.5. The minimum absolute atomic E-state index is 0.0575. The number of rotatable bonds is 8. The van der Waals surface area contributed by atoms with Gasteiger partial charge in [-0.1, -0.05) is 37.1 Å². The molecule has 2 atom stereocenters. The SMILES string of the molecule is O=c1[nH]c2c([C@@]3(NCCO)CCCC[C@H]3CCCc3ccc(F)cc3)cccc2o1. The summed E-state index contributed by atoms with van der Waals surface area (Å²) in [5.74, 6) is -0.291. The molecule has 1 aliphatic rings. The summed E-state index contributed by atoms with van der Waals surface area (Å²) in [7, 11) is 0. The number of benzene rings is 2. The van der Waals surface area contributed by atoms with Gasteiger partial charge in [0.2, 0.25) is 0 Å². The molecule has 2 aromatic carbocycles. The van der Waals surface area contributed by atoms with E-state index in [2.05, 4.69) is 16.4 Å². The summed E-state index contributed by atoms with van der Waals surface area (Å²) in [6.07, 6.45) is 7.19. The number of fused-ring (bicyclic) bond motifs is 1. The molecule has 4 rings (SSSR count). The standard InChI is InChI=1S/C24H29FN2O3/c25-19-12-10-17(11-13-19)5-3-7-18-6-1-2-14-24(18,26-15-16-28)20-8-4-9-21-22(20)27-23(29)30-21/h4,8-13,18,26,28H,1-3,5-7,14-16H2,(H,27,29)/t18-,24+/m0/s1. The molecule has 0 bridgehead atoms. The molecule has 0 aliphatic heterocycles. The number of oxazole rings is 1. The van der Waals surface area contributed by atoms with E-state index in [9.17, 15) is 14.3 Å². The molecule has 1 aromatic heterocycles. The number of halogens is 1. The average molecular weight is 413 g/mol. The van der Waals surface area contributed by atoms with Gasteiger partial charge in [0, 0.05) is 12.1 Å². The first-order chi connectivity index (χ1) is 14.6. The number of hydrogen-bond donors (Lipinski definition) is 3. The maximum Gasteiger partial charge on any atom is 0.417 e. The van der Waals surface area contributed by atoms with Crippen molar-refractivity contribution in [3.05, 3.63) is 70.0 Å². The average Bonchev–Trinajstić information content (AvgIpc) is 3.14. The van der Waals surface area contributed by atoms with Crippen molar-refractivity contribution in [3.8, 4) is 0 Å². The minimum atomic E-state index is -0.446. The molecule has 0 amide bonds. The zero-order chi connectivity index (χ0) is 21.0. The summed E-state index contributed by atoms with van der Waals surface area (Å²) in [5.41, 5.74) is 3.18. The summed E-state index contributed by atoms with van der Waals surface area (Å²) < 4.78 is 18.5. The van der Waals surface area contributed by atoms with Crippen molar-refractivity contribution in [3.63, 3.8) is 0 Å². The van der Waals surface area contributed by atoms with Crippen LogP contribution in [0.4, 0.5) is 4.39 Å². The van der Waals surface area contributed by atoms with E-state index in [1.54, 1.807) is 0 Å². The number of para-hydroxylation sites is 1. The van der Waals surface area contributed by atoms with Gasteiger partial charge in [0.1, 0.15) is 5.82 Å². The van der Waals surface area contributed by atoms with Crippen molar-refractivity contribution in [2.75, 3.05) is 13.2 Å². The molecule has 0 saturated heterocycles. The molecule has 0 unspecified atom stereocenters. The molecular weight excluding hydrogens is 383 g/mol. The third kappa shape index (κ3) is 4.20. The van der Waals surface area contributed by atoms with Gasteiger partial charge in [-0.25, -0.2) is 9.18 Å². The fraction of sp³-hybridized carbons (Fsp3) is 0.458. The fourth-order valence-corrected chi connectivity index (χ4v) is 5.15. The molecule has 160 valence electrons. The van der Waals surface area contributed by atoms with Gasteiger partial charge in [0.15, 0.2) is 5.58 Å². The molecular formula is C24H29FN2O3.